The lowest BCUT2D eigenvalue weighted by Gasteiger charge is -2.34. The molecule has 6 heteroatoms. The fourth-order valence-electron chi connectivity index (χ4n) is 3.80. The van der Waals surface area contributed by atoms with Crippen molar-refractivity contribution in [2.45, 2.75) is 71.0 Å². The van der Waals surface area contributed by atoms with Crippen LogP contribution < -0.4 is 0 Å². The molecule has 2 aliphatic heterocycles. The molecular weight excluding hydrogens is 280 g/mol. The highest BCUT2D eigenvalue weighted by atomic mass is 16.4. The SMILES string of the molecule is CC(=O)N1CCC[C@H]1[C@H]1CCCN1Cc1nnc(C(C)C)o1. The second-order valence-corrected chi connectivity index (χ2v) is 6.79. The third-order valence-electron chi connectivity index (χ3n) is 4.88. The van der Waals surface area contributed by atoms with Crippen LogP contribution in [0.5, 0.6) is 0 Å². The minimum Gasteiger partial charge on any atom is -0.424 e. The summed E-state index contributed by atoms with van der Waals surface area (Å²) in [7, 11) is 0. The molecule has 3 heterocycles. The van der Waals surface area contributed by atoms with E-state index in [-0.39, 0.29) is 11.8 Å². The number of nitrogens with zero attached hydrogens (tertiary/aromatic N) is 4. The average molecular weight is 306 g/mol. The third-order valence-corrected chi connectivity index (χ3v) is 4.88. The number of likely N-dealkylation sites (tertiary alicyclic amines) is 2. The van der Waals surface area contributed by atoms with E-state index in [2.05, 4.69) is 33.8 Å². The van der Waals surface area contributed by atoms with Gasteiger partial charge in [-0.15, -0.1) is 10.2 Å². The van der Waals surface area contributed by atoms with Gasteiger partial charge in [0, 0.05) is 31.5 Å². The molecule has 0 bridgehead atoms. The lowest BCUT2D eigenvalue weighted by Crippen LogP contribution is -2.47. The van der Waals surface area contributed by atoms with Crippen molar-refractivity contribution in [2.75, 3.05) is 13.1 Å². The maximum atomic E-state index is 11.8. The number of rotatable bonds is 4. The Balaban J connectivity index is 1.68. The summed E-state index contributed by atoms with van der Waals surface area (Å²) in [5.74, 6) is 1.87. The largest absolute Gasteiger partial charge is 0.424 e. The first kappa shape index (κ1) is 15.5. The van der Waals surface area contributed by atoms with Crippen LogP contribution in [0.25, 0.3) is 0 Å². The van der Waals surface area contributed by atoms with Crippen LogP contribution in [0.1, 0.15) is 64.2 Å². The first-order chi connectivity index (χ1) is 10.6. The molecule has 2 atom stereocenters. The molecular formula is C16H26N4O2. The van der Waals surface area contributed by atoms with Gasteiger partial charge in [0.05, 0.1) is 6.54 Å². The highest BCUT2D eigenvalue weighted by Gasteiger charge is 2.39. The molecule has 2 aliphatic rings. The minimum atomic E-state index is 0.203. The molecule has 0 unspecified atom stereocenters. The van der Waals surface area contributed by atoms with E-state index in [1.54, 1.807) is 6.92 Å². The van der Waals surface area contributed by atoms with Crippen molar-refractivity contribution in [1.82, 2.24) is 20.0 Å². The van der Waals surface area contributed by atoms with Gasteiger partial charge in [0.1, 0.15) is 0 Å². The van der Waals surface area contributed by atoms with Gasteiger partial charge in [0.25, 0.3) is 0 Å². The number of aromatic nitrogens is 2. The van der Waals surface area contributed by atoms with E-state index in [1.165, 1.54) is 6.42 Å². The van der Waals surface area contributed by atoms with Crippen molar-refractivity contribution in [2.24, 2.45) is 0 Å². The van der Waals surface area contributed by atoms with E-state index >= 15 is 0 Å². The van der Waals surface area contributed by atoms with Crippen molar-refractivity contribution in [3.05, 3.63) is 11.8 Å². The Hall–Kier alpha value is -1.43. The van der Waals surface area contributed by atoms with Crippen molar-refractivity contribution in [3.63, 3.8) is 0 Å². The second-order valence-electron chi connectivity index (χ2n) is 6.79. The molecule has 0 saturated carbocycles. The topological polar surface area (TPSA) is 62.5 Å². The fraction of sp³-hybridized carbons (Fsp3) is 0.812. The van der Waals surface area contributed by atoms with Crippen LogP contribution in [0, 0.1) is 0 Å². The normalized spacial score (nSPS) is 26.3. The monoisotopic (exact) mass is 306 g/mol. The highest BCUT2D eigenvalue weighted by molar-refractivity contribution is 5.74. The number of hydrogen-bond acceptors (Lipinski definition) is 5. The van der Waals surface area contributed by atoms with E-state index in [0.29, 0.717) is 30.4 Å². The Morgan fingerprint density at radius 2 is 1.95 bits per heavy atom. The first-order valence-corrected chi connectivity index (χ1v) is 8.40. The zero-order chi connectivity index (χ0) is 15.7. The number of carbonyl (C=O) groups excluding carboxylic acids is 1. The molecule has 1 aromatic rings. The summed E-state index contributed by atoms with van der Waals surface area (Å²) < 4.78 is 5.75. The zero-order valence-electron chi connectivity index (χ0n) is 13.8. The molecule has 0 N–H and O–H groups in total. The molecule has 2 fully saturated rings. The van der Waals surface area contributed by atoms with Crippen LogP contribution in [0.15, 0.2) is 4.42 Å². The van der Waals surface area contributed by atoms with E-state index in [0.717, 1.165) is 32.4 Å². The van der Waals surface area contributed by atoms with Crippen molar-refractivity contribution < 1.29 is 9.21 Å². The second kappa shape index (κ2) is 6.36. The third kappa shape index (κ3) is 3.02. The molecule has 0 radical (unpaired) electrons. The fourth-order valence-corrected chi connectivity index (χ4v) is 3.80. The molecule has 2 saturated heterocycles. The summed E-state index contributed by atoms with van der Waals surface area (Å²) in [4.78, 5) is 16.3. The Morgan fingerprint density at radius 3 is 2.64 bits per heavy atom. The minimum absolute atomic E-state index is 0.203. The predicted molar refractivity (Wildman–Crippen MR) is 82.2 cm³/mol. The van der Waals surface area contributed by atoms with Gasteiger partial charge in [0.15, 0.2) is 0 Å². The standard InChI is InChI=1S/C16H26N4O2/c1-11(2)16-18-17-15(22-16)10-19-8-4-6-13(19)14-7-5-9-20(14)12(3)21/h11,13-14H,4-10H2,1-3H3/t13-,14+/m1/s1. The van der Waals surface area contributed by atoms with E-state index < -0.39 is 0 Å². The summed E-state index contributed by atoms with van der Waals surface area (Å²) in [6, 6.07) is 0.785. The van der Waals surface area contributed by atoms with Gasteiger partial charge in [0.2, 0.25) is 17.7 Å². The molecule has 1 aromatic heterocycles. The van der Waals surface area contributed by atoms with E-state index in [9.17, 15) is 4.79 Å². The number of hydrogen-bond donors (Lipinski definition) is 0. The van der Waals surface area contributed by atoms with Gasteiger partial charge < -0.3 is 9.32 Å². The van der Waals surface area contributed by atoms with E-state index in [4.69, 9.17) is 4.42 Å². The lowest BCUT2D eigenvalue weighted by atomic mass is 10.0. The van der Waals surface area contributed by atoms with Gasteiger partial charge in [-0.3, -0.25) is 9.69 Å². The summed E-state index contributed by atoms with van der Waals surface area (Å²) in [6.45, 7) is 8.45. The summed E-state index contributed by atoms with van der Waals surface area (Å²) in [5, 5.41) is 8.29. The molecule has 0 spiro atoms. The van der Waals surface area contributed by atoms with Crippen molar-refractivity contribution in [3.8, 4) is 0 Å². The lowest BCUT2D eigenvalue weighted by molar-refractivity contribution is -0.130. The van der Waals surface area contributed by atoms with Crippen LogP contribution >= 0.6 is 0 Å². The predicted octanol–water partition coefficient (Wildman–Crippen LogP) is 2.17. The molecule has 22 heavy (non-hydrogen) atoms. The van der Waals surface area contributed by atoms with Crippen LogP contribution in [-0.4, -0.2) is 51.1 Å². The van der Waals surface area contributed by atoms with Crippen molar-refractivity contribution in [1.29, 1.82) is 0 Å². The Bertz CT molecular complexity index is 528. The smallest absolute Gasteiger partial charge is 0.230 e. The van der Waals surface area contributed by atoms with Gasteiger partial charge >= 0.3 is 0 Å². The van der Waals surface area contributed by atoms with Crippen LogP contribution in [0.2, 0.25) is 0 Å². The Morgan fingerprint density at radius 1 is 1.23 bits per heavy atom. The molecule has 6 nitrogen and oxygen atoms in total. The Labute approximate surface area is 131 Å². The maximum absolute atomic E-state index is 11.8. The molecule has 122 valence electrons. The van der Waals surface area contributed by atoms with Gasteiger partial charge in [-0.1, -0.05) is 13.8 Å². The average Bonchev–Trinajstić information content (AvgIpc) is 3.17. The van der Waals surface area contributed by atoms with Gasteiger partial charge in [-0.25, -0.2) is 0 Å². The number of carbonyl (C=O) groups is 1. The summed E-state index contributed by atoms with van der Waals surface area (Å²) >= 11 is 0. The molecule has 1 amide bonds. The first-order valence-electron chi connectivity index (χ1n) is 8.40. The number of amides is 1. The van der Waals surface area contributed by atoms with E-state index in [1.807, 2.05) is 0 Å². The molecule has 0 aliphatic carbocycles. The molecule has 3 rings (SSSR count). The maximum Gasteiger partial charge on any atom is 0.230 e. The highest BCUT2D eigenvalue weighted by Crippen LogP contribution is 2.31. The zero-order valence-corrected chi connectivity index (χ0v) is 13.8. The van der Waals surface area contributed by atoms with Crippen molar-refractivity contribution >= 4 is 5.91 Å². The summed E-state index contributed by atoms with van der Waals surface area (Å²) in [5.41, 5.74) is 0. The molecule has 0 aromatic carbocycles. The van der Waals surface area contributed by atoms with Crippen LogP contribution in [0.4, 0.5) is 0 Å². The van der Waals surface area contributed by atoms with Gasteiger partial charge in [-0.2, -0.15) is 0 Å². The summed E-state index contributed by atoms with van der Waals surface area (Å²) in [6.07, 6.45) is 4.56. The Kier molecular flexibility index (Phi) is 4.47. The quantitative estimate of drug-likeness (QED) is 0.853. The van der Waals surface area contributed by atoms with Gasteiger partial charge in [-0.05, 0) is 32.2 Å². The van der Waals surface area contributed by atoms with Crippen LogP contribution in [0.3, 0.4) is 0 Å². The van der Waals surface area contributed by atoms with Crippen LogP contribution in [-0.2, 0) is 11.3 Å².